The highest BCUT2D eigenvalue weighted by Crippen LogP contribution is 2.18. The number of carbonyl (C=O) groups excluding carboxylic acids is 1. The molecule has 0 aromatic rings. The van der Waals surface area contributed by atoms with Gasteiger partial charge >= 0.3 is 0 Å². The fraction of sp³-hybridized carbons (Fsp3) is 0.909. The van der Waals surface area contributed by atoms with Gasteiger partial charge in [-0.3, -0.25) is 4.79 Å². The largest absolute Gasteiger partial charge is 0.394 e. The van der Waals surface area contributed by atoms with Crippen molar-refractivity contribution in [2.45, 2.75) is 46.6 Å². The lowest BCUT2D eigenvalue weighted by Gasteiger charge is -2.19. The summed E-state index contributed by atoms with van der Waals surface area (Å²) in [4.78, 5) is 11.5. The summed E-state index contributed by atoms with van der Waals surface area (Å²) >= 11 is 0. The predicted molar refractivity (Wildman–Crippen MR) is 57.9 cm³/mol. The van der Waals surface area contributed by atoms with E-state index in [2.05, 4.69) is 26.1 Å². The van der Waals surface area contributed by atoms with E-state index in [1.807, 2.05) is 0 Å². The van der Waals surface area contributed by atoms with Crippen molar-refractivity contribution in [1.82, 2.24) is 5.32 Å². The molecular formula is C11H23NO2. The van der Waals surface area contributed by atoms with E-state index < -0.39 is 0 Å². The topological polar surface area (TPSA) is 49.3 Å². The molecule has 0 aliphatic rings. The van der Waals surface area contributed by atoms with Gasteiger partial charge in [-0.05, 0) is 18.8 Å². The predicted octanol–water partition coefficient (Wildman–Crippen LogP) is 1.56. The molecule has 3 nitrogen and oxygen atoms in total. The zero-order chi connectivity index (χ0) is 11.1. The van der Waals surface area contributed by atoms with Crippen LogP contribution in [0.1, 0.15) is 40.5 Å². The molecule has 14 heavy (non-hydrogen) atoms. The van der Waals surface area contributed by atoms with Crippen LogP contribution < -0.4 is 5.32 Å². The maximum atomic E-state index is 11.5. The molecule has 0 rings (SSSR count). The van der Waals surface area contributed by atoms with Crippen LogP contribution in [0.25, 0.3) is 0 Å². The standard InChI is InChI=1S/C11H23NO2/c1-5-10(8(2)3)6-11(14)12-9(4)7-13/h8-10,13H,5-7H2,1-4H3,(H,12,14). The van der Waals surface area contributed by atoms with Gasteiger partial charge in [0.2, 0.25) is 5.91 Å². The maximum absolute atomic E-state index is 11.5. The molecule has 0 spiro atoms. The Labute approximate surface area is 86.9 Å². The highest BCUT2D eigenvalue weighted by Gasteiger charge is 2.16. The first-order valence-electron chi connectivity index (χ1n) is 5.41. The third-order valence-electron chi connectivity index (χ3n) is 2.60. The van der Waals surface area contributed by atoms with Crippen LogP contribution in [0.15, 0.2) is 0 Å². The Morgan fingerprint density at radius 2 is 1.93 bits per heavy atom. The average Bonchev–Trinajstić information content (AvgIpc) is 2.13. The van der Waals surface area contributed by atoms with Crippen LogP contribution >= 0.6 is 0 Å². The number of nitrogens with one attached hydrogen (secondary N) is 1. The lowest BCUT2D eigenvalue weighted by molar-refractivity contribution is -0.123. The van der Waals surface area contributed by atoms with E-state index >= 15 is 0 Å². The highest BCUT2D eigenvalue weighted by atomic mass is 16.3. The first-order valence-corrected chi connectivity index (χ1v) is 5.41. The van der Waals surface area contributed by atoms with Gasteiger partial charge in [0.25, 0.3) is 0 Å². The van der Waals surface area contributed by atoms with E-state index in [0.29, 0.717) is 18.3 Å². The van der Waals surface area contributed by atoms with Gasteiger partial charge in [-0.15, -0.1) is 0 Å². The Kier molecular flexibility index (Phi) is 6.54. The molecule has 2 atom stereocenters. The van der Waals surface area contributed by atoms with Gasteiger partial charge in [0.05, 0.1) is 6.61 Å². The van der Waals surface area contributed by atoms with Gasteiger partial charge in [0, 0.05) is 12.5 Å². The second-order valence-corrected chi connectivity index (χ2v) is 4.27. The number of hydrogen-bond donors (Lipinski definition) is 2. The molecule has 0 saturated carbocycles. The average molecular weight is 201 g/mol. The molecule has 0 aromatic carbocycles. The minimum atomic E-state index is -0.132. The molecule has 2 unspecified atom stereocenters. The second kappa shape index (κ2) is 6.82. The van der Waals surface area contributed by atoms with Gasteiger partial charge in [-0.1, -0.05) is 27.2 Å². The van der Waals surface area contributed by atoms with E-state index in [0.717, 1.165) is 6.42 Å². The third kappa shape index (κ3) is 5.22. The molecule has 0 heterocycles. The van der Waals surface area contributed by atoms with Crippen LogP contribution in [0.3, 0.4) is 0 Å². The van der Waals surface area contributed by atoms with Crippen molar-refractivity contribution >= 4 is 5.91 Å². The summed E-state index contributed by atoms with van der Waals surface area (Å²) in [5.74, 6) is 1.03. The van der Waals surface area contributed by atoms with Crippen LogP contribution in [0.2, 0.25) is 0 Å². The van der Waals surface area contributed by atoms with Gasteiger partial charge < -0.3 is 10.4 Å². The summed E-state index contributed by atoms with van der Waals surface area (Å²) in [6.07, 6.45) is 1.59. The smallest absolute Gasteiger partial charge is 0.220 e. The van der Waals surface area contributed by atoms with Gasteiger partial charge in [-0.25, -0.2) is 0 Å². The lowest BCUT2D eigenvalue weighted by Crippen LogP contribution is -2.36. The maximum Gasteiger partial charge on any atom is 0.220 e. The molecule has 0 aliphatic carbocycles. The van der Waals surface area contributed by atoms with E-state index in [-0.39, 0.29) is 18.6 Å². The van der Waals surface area contributed by atoms with Crippen molar-refractivity contribution in [1.29, 1.82) is 0 Å². The molecule has 0 aliphatic heterocycles. The Balaban J connectivity index is 3.91. The molecular weight excluding hydrogens is 178 g/mol. The lowest BCUT2D eigenvalue weighted by atomic mass is 9.90. The zero-order valence-electron chi connectivity index (χ0n) is 9.71. The minimum Gasteiger partial charge on any atom is -0.394 e. The zero-order valence-corrected chi connectivity index (χ0v) is 9.71. The van der Waals surface area contributed by atoms with Crippen LogP contribution in [0, 0.1) is 11.8 Å². The first kappa shape index (κ1) is 13.4. The molecule has 1 amide bonds. The summed E-state index contributed by atoms with van der Waals surface area (Å²) in [6, 6.07) is -0.132. The van der Waals surface area contributed by atoms with Gasteiger partial charge in [-0.2, -0.15) is 0 Å². The van der Waals surface area contributed by atoms with Crippen molar-refractivity contribution in [2.24, 2.45) is 11.8 Å². The molecule has 0 fully saturated rings. The van der Waals surface area contributed by atoms with Crippen LogP contribution in [-0.2, 0) is 4.79 Å². The number of aliphatic hydroxyl groups excluding tert-OH is 1. The number of rotatable bonds is 6. The minimum absolute atomic E-state index is 0.00418. The van der Waals surface area contributed by atoms with Crippen molar-refractivity contribution in [3.63, 3.8) is 0 Å². The number of aliphatic hydroxyl groups is 1. The van der Waals surface area contributed by atoms with E-state index in [1.54, 1.807) is 6.92 Å². The number of carbonyl (C=O) groups is 1. The molecule has 0 bridgehead atoms. The molecule has 0 aromatic heterocycles. The van der Waals surface area contributed by atoms with Gasteiger partial charge in [0.1, 0.15) is 0 Å². The van der Waals surface area contributed by atoms with Crippen LogP contribution in [-0.4, -0.2) is 23.7 Å². The Morgan fingerprint density at radius 1 is 1.36 bits per heavy atom. The SMILES string of the molecule is CCC(CC(=O)NC(C)CO)C(C)C. The monoisotopic (exact) mass is 201 g/mol. The molecule has 0 saturated heterocycles. The summed E-state index contributed by atoms with van der Waals surface area (Å²) in [7, 11) is 0. The normalized spacial score (nSPS) is 15.3. The summed E-state index contributed by atoms with van der Waals surface area (Å²) in [6.45, 7) is 8.18. The Hall–Kier alpha value is -0.570. The fourth-order valence-electron chi connectivity index (χ4n) is 1.47. The first-order chi connectivity index (χ1) is 6.51. The van der Waals surface area contributed by atoms with Gasteiger partial charge in [0.15, 0.2) is 0 Å². The van der Waals surface area contributed by atoms with Crippen molar-refractivity contribution in [3.05, 3.63) is 0 Å². The fourth-order valence-corrected chi connectivity index (χ4v) is 1.47. The quantitative estimate of drug-likeness (QED) is 0.685. The Bertz CT molecular complexity index is 169. The summed E-state index contributed by atoms with van der Waals surface area (Å²) in [5, 5.41) is 11.5. The van der Waals surface area contributed by atoms with Crippen LogP contribution in [0.4, 0.5) is 0 Å². The molecule has 3 heteroatoms. The van der Waals surface area contributed by atoms with E-state index in [9.17, 15) is 4.79 Å². The van der Waals surface area contributed by atoms with Crippen molar-refractivity contribution in [2.75, 3.05) is 6.61 Å². The number of hydrogen-bond acceptors (Lipinski definition) is 2. The van der Waals surface area contributed by atoms with Crippen LogP contribution in [0.5, 0.6) is 0 Å². The highest BCUT2D eigenvalue weighted by molar-refractivity contribution is 5.76. The summed E-state index contributed by atoms with van der Waals surface area (Å²) < 4.78 is 0. The summed E-state index contributed by atoms with van der Waals surface area (Å²) in [5.41, 5.74) is 0. The second-order valence-electron chi connectivity index (χ2n) is 4.27. The van der Waals surface area contributed by atoms with Crippen molar-refractivity contribution in [3.8, 4) is 0 Å². The molecule has 0 radical (unpaired) electrons. The molecule has 84 valence electrons. The van der Waals surface area contributed by atoms with Crippen molar-refractivity contribution < 1.29 is 9.90 Å². The number of amides is 1. The Morgan fingerprint density at radius 3 is 2.29 bits per heavy atom. The van der Waals surface area contributed by atoms with E-state index in [4.69, 9.17) is 5.11 Å². The third-order valence-corrected chi connectivity index (χ3v) is 2.60. The van der Waals surface area contributed by atoms with E-state index in [1.165, 1.54) is 0 Å². The molecule has 2 N–H and O–H groups in total.